The van der Waals surface area contributed by atoms with E-state index in [1.807, 2.05) is 10.6 Å². The Morgan fingerprint density at radius 1 is 1.33 bits per heavy atom. The Balaban J connectivity index is 2.25. The molecule has 0 atom stereocenters. The lowest BCUT2D eigenvalue weighted by molar-refractivity contribution is 0.187. The van der Waals surface area contributed by atoms with Crippen molar-refractivity contribution in [3.63, 3.8) is 0 Å². The minimum atomic E-state index is 0.629. The van der Waals surface area contributed by atoms with E-state index >= 15 is 0 Å². The minimum Gasteiger partial charge on any atom is -0.383 e. The van der Waals surface area contributed by atoms with Crippen LogP contribution in [0.1, 0.15) is 0 Å². The molecular weight excluding hydrogens is 194 g/mol. The number of methoxy groups -OCH3 is 1. The van der Waals surface area contributed by atoms with Crippen LogP contribution in [0.25, 0.3) is 11.4 Å². The van der Waals surface area contributed by atoms with Gasteiger partial charge in [-0.15, -0.1) is 10.2 Å². The van der Waals surface area contributed by atoms with E-state index in [4.69, 9.17) is 4.74 Å². The molecule has 0 bridgehead atoms. The first-order chi connectivity index (χ1) is 7.42. The third-order valence-electron chi connectivity index (χ3n) is 1.99. The summed E-state index contributed by atoms with van der Waals surface area (Å²) in [5.74, 6) is 0.780. The summed E-state index contributed by atoms with van der Waals surface area (Å²) in [6.07, 6.45) is 4.97. The smallest absolute Gasteiger partial charge is 0.165 e. The first-order valence-corrected chi connectivity index (χ1v) is 4.55. The second-order valence-corrected chi connectivity index (χ2v) is 2.97. The molecule has 2 aromatic heterocycles. The SMILES string of the molecule is COCCn1cnnc1-c1ccnnc1. The van der Waals surface area contributed by atoms with Gasteiger partial charge in [-0.25, -0.2) is 0 Å². The fourth-order valence-electron chi connectivity index (χ4n) is 1.25. The Morgan fingerprint density at radius 2 is 2.27 bits per heavy atom. The summed E-state index contributed by atoms with van der Waals surface area (Å²) >= 11 is 0. The molecular formula is C9H11N5O. The van der Waals surface area contributed by atoms with Gasteiger partial charge >= 0.3 is 0 Å². The van der Waals surface area contributed by atoms with Crippen LogP contribution in [0.15, 0.2) is 24.8 Å². The fourth-order valence-corrected chi connectivity index (χ4v) is 1.25. The molecule has 0 spiro atoms. The van der Waals surface area contributed by atoms with Crippen LogP contribution in [0.5, 0.6) is 0 Å². The van der Waals surface area contributed by atoms with Gasteiger partial charge in [0.2, 0.25) is 0 Å². The van der Waals surface area contributed by atoms with Gasteiger partial charge in [0.05, 0.1) is 19.0 Å². The molecule has 0 aliphatic carbocycles. The van der Waals surface area contributed by atoms with E-state index in [0.29, 0.717) is 6.61 Å². The number of nitrogens with zero attached hydrogens (tertiary/aromatic N) is 5. The number of ether oxygens (including phenoxy) is 1. The van der Waals surface area contributed by atoms with Gasteiger partial charge in [0.15, 0.2) is 5.82 Å². The number of hydrogen-bond acceptors (Lipinski definition) is 5. The molecule has 0 fully saturated rings. The normalized spacial score (nSPS) is 10.5. The van der Waals surface area contributed by atoms with Gasteiger partial charge in [0.25, 0.3) is 0 Å². The molecule has 15 heavy (non-hydrogen) atoms. The monoisotopic (exact) mass is 205 g/mol. The van der Waals surface area contributed by atoms with E-state index in [0.717, 1.165) is 17.9 Å². The molecule has 2 heterocycles. The number of aromatic nitrogens is 5. The Bertz CT molecular complexity index is 413. The maximum absolute atomic E-state index is 5.00. The van der Waals surface area contributed by atoms with Crippen molar-refractivity contribution in [2.75, 3.05) is 13.7 Å². The molecule has 0 saturated heterocycles. The molecule has 2 aromatic rings. The van der Waals surface area contributed by atoms with Crippen LogP contribution in [0.2, 0.25) is 0 Å². The molecule has 0 aliphatic heterocycles. The van der Waals surface area contributed by atoms with Crippen molar-refractivity contribution in [1.29, 1.82) is 0 Å². The van der Waals surface area contributed by atoms with Crippen molar-refractivity contribution < 1.29 is 4.74 Å². The van der Waals surface area contributed by atoms with Crippen molar-refractivity contribution in [1.82, 2.24) is 25.0 Å². The summed E-state index contributed by atoms with van der Waals surface area (Å²) in [6, 6.07) is 1.85. The molecule has 0 unspecified atom stereocenters. The molecule has 0 N–H and O–H groups in total. The maximum Gasteiger partial charge on any atom is 0.165 e. The fraction of sp³-hybridized carbons (Fsp3) is 0.333. The lowest BCUT2D eigenvalue weighted by Crippen LogP contribution is -2.05. The van der Waals surface area contributed by atoms with Crippen LogP contribution >= 0.6 is 0 Å². The minimum absolute atomic E-state index is 0.629. The van der Waals surface area contributed by atoms with Gasteiger partial charge in [-0.1, -0.05) is 0 Å². The average Bonchev–Trinajstić information content (AvgIpc) is 2.75. The first kappa shape index (κ1) is 9.72. The Morgan fingerprint density at radius 3 is 3.00 bits per heavy atom. The summed E-state index contributed by atoms with van der Waals surface area (Å²) in [6.45, 7) is 1.35. The molecule has 0 amide bonds. The second kappa shape index (κ2) is 4.61. The average molecular weight is 205 g/mol. The number of rotatable bonds is 4. The van der Waals surface area contributed by atoms with Crippen LogP contribution in [0, 0.1) is 0 Å². The standard InChI is InChI=1S/C9H11N5O/c1-15-5-4-14-7-12-13-9(14)8-2-3-10-11-6-8/h2-3,6-7H,4-5H2,1H3. The second-order valence-electron chi connectivity index (χ2n) is 2.97. The van der Waals surface area contributed by atoms with E-state index in [1.165, 1.54) is 0 Å². The zero-order valence-electron chi connectivity index (χ0n) is 8.37. The van der Waals surface area contributed by atoms with E-state index in [9.17, 15) is 0 Å². The van der Waals surface area contributed by atoms with Gasteiger partial charge in [0.1, 0.15) is 6.33 Å². The van der Waals surface area contributed by atoms with Gasteiger partial charge in [-0.05, 0) is 6.07 Å². The van der Waals surface area contributed by atoms with Gasteiger partial charge in [0, 0.05) is 19.2 Å². The largest absolute Gasteiger partial charge is 0.383 e. The molecule has 0 aliphatic rings. The third kappa shape index (κ3) is 2.16. The Hall–Kier alpha value is -1.82. The van der Waals surface area contributed by atoms with Gasteiger partial charge in [-0.2, -0.15) is 10.2 Å². The third-order valence-corrected chi connectivity index (χ3v) is 1.99. The van der Waals surface area contributed by atoms with Crippen LogP contribution in [0.4, 0.5) is 0 Å². The highest BCUT2D eigenvalue weighted by atomic mass is 16.5. The van der Waals surface area contributed by atoms with Gasteiger partial charge in [-0.3, -0.25) is 0 Å². The Kier molecular flexibility index (Phi) is 2.99. The lowest BCUT2D eigenvalue weighted by Gasteiger charge is -2.04. The van der Waals surface area contributed by atoms with Crippen molar-refractivity contribution >= 4 is 0 Å². The summed E-state index contributed by atoms with van der Waals surface area (Å²) in [7, 11) is 1.66. The molecule has 0 radical (unpaired) electrons. The molecule has 0 saturated carbocycles. The van der Waals surface area contributed by atoms with Crippen molar-refractivity contribution in [2.24, 2.45) is 0 Å². The summed E-state index contributed by atoms with van der Waals surface area (Å²) in [5, 5.41) is 15.4. The van der Waals surface area contributed by atoms with Crippen LogP contribution in [-0.4, -0.2) is 38.7 Å². The summed E-state index contributed by atoms with van der Waals surface area (Å²) in [4.78, 5) is 0. The molecule has 6 nitrogen and oxygen atoms in total. The summed E-state index contributed by atoms with van der Waals surface area (Å²) < 4.78 is 6.92. The van der Waals surface area contributed by atoms with Crippen molar-refractivity contribution in [3.8, 4) is 11.4 Å². The quantitative estimate of drug-likeness (QED) is 0.722. The Labute approximate surface area is 86.9 Å². The molecule has 2 rings (SSSR count). The zero-order valence-corrected chi connectivity index (χ0v) is 8.37. The zero-order chi connectivity index (χ0) is 10.5. The predicted molar refractivity (Wildman–Crippen MR) is 52.9 cm³/mol. The number of hydrogen-bond donors (Lipinski definition) is 0. The van der Waals surface area contributed by atoms with E-state index in [-0.39, 0.29) is 0 Å². The predicted octanol–water partition coefficient (Wildman–Crippen LogP) is 0.381. The highest BCUT2D eigenvalue weighted by molar-refractivity contribution is 5.52. The van der Waals surface area contributed by atoms with Gasteiger partial charge < -0.3 is 9.30 Å². The highest BCUT2D eigenvalue weighted by Gasteiger charge is 2.06. The molecule has 6 heteroatoms. The van der Waals surface area contributed by atoms with E-state index < -0.39 is 0 Å². The van der Waals surface area contributed by atoms with Crippen LogP contribution < -0.4 is 0 Å². The molecule has 78 valence electrons. The molecule has 0 aromatic carbocycles. The van der Waals surface area contributed by atoms with E-state index in [2.05, 4.69) is 20.4 Å². The lowest BCUT2D eigenvalue weighted by atomic mass is 10.3. The van der Waals surface area contributed by atoms with Crippen LogP contribution in [-0.2, 0) is 11.3 Å². The van der Waals surface area contributed by atoms with Crippen molar-refractivity contribution in [3.05, 3.63) is 24.8 Å². The van der Waals surface area contributed by atoms with Crippen molar-refractivity contribution in [2.45, 2.75) is 6.54 Å². The highest BCUT2D eigenvalue weighted by Crippen LogP contribution is 2.13. The van der Waals surface area contributed by atoms with Crippen LogP contribution in [0.3, 0.4) is 0 Å². The maximum atomic E-state index is 5.00. The topological polar surface area (TPSA) is 65.7 Å². The van der Waals surface area contributed by atoms with E-state index in [1.54, 1.807) is 25.8 Å². The first-order valence-electron chi connectivity index (χ1n) is 4.55. The summed E-state index contributed by atoms with van der Waals surface area (Å²) in [5.41, 5.74) is 0.901.